The zero-order chi connectivity index (χ0) is 17.7. The van der Waals surface area contributed by atoms with Gasteiger partial charge in [0.25, 0.3) is 0 Å². The Balaban J connectivity index is 1.92. The quantitative estimate of drug-likeness (QED) is 0.753. The summed E-state index contributed by atoms with van der Waals surface area (Å²) in [5.74, 6) is -0.915. The Morgan fingerprint density at radius 3 is 2.50 bits per heavy atom. The molecule has 132 valence electrons. The fourth-order valence-electron chi connectivity index (χ4n) is 3.23. The van der Waals surface area contributed by atoms with Crippen molar-refractivity contribution in [3.63, 3.8) is 0 Å². The van der Waals surface area contributed by atoms with Crippen LogP contribution >= 0.6 is 0 Å². The zero-order valence-electron chi connectivity index (χ0n) is 14.8. The van der Waals surface area contributed by atoms with Gasteiger partial charge in [-0.25, -0.2) is 0 Å². The van der Waals surface area contributed by atoms with Crippen LogP contribution in [0.1, 0.15) is 38.7 Å². The lowest BCUT2D eigenvalue weighted by Gasteiger charge is -2.21. The highest BCUT2D eigenvalue weighted by atomic mass is 16.3. The van der Waals surface area contributed by atoms with Crippen LogP contribution in [0.4, 0.5) is 5.69 Å². The van der Waals surface area contributed by atoms with Crippen molar-refractivity contribution >= 4 is 17.5 Å². The van der Waals surface area contributed by atoms with E-state index in [2.05, 4.69) is 5.32 Å². The zero-order valence-corrected chi connectivity index (χ0v) is 14.8. The van der Waals surface area contributed by atoms with Crippen LogP contribution in [-0.2, 0) is 9.59 Å². The Bertz CT molecular complexity index is 566. The molecule has 1 aliphatic heterocycles. The van der Waals surface area contributed by atoms with Crippen LogP contribution in [0.5, 0.6) is 0 Å². The molecule has 1 fully saturated rings. The number of anilines is 1. The average molecular weight is 332 g/mol. The normalized spacial score (nSPS) is 19.0. The fourth-order valence-corrected chi connectivity index (χ4v) is 3.23. The average Bonchev–Trinajstić information content (AvgIpc) is 2.96. The van der Waals surface area contributed by atoms with Crippen LogP contribution in [0, 0.1) is 18.8 Å². The lowest BCUT2D eigenvalue weighted by Crippen LogP contribution is -2.41. The summed E-state index contributed by atoms with van der Waals surface area (Å²) >= 11 is 0. The number of aryl methyl sites for hydroxylation is 1. The summed E-state index contributed by atoms with van der Waals surface area (Å²) in [5.41, 5.74) is 1.97. The van der Waals surface area contributed by atoms with Gasteiger partial charge in [-0.15, -0.1) is 0 Å². The van der Waals surface area contributed by atoms with Crippen LogP contribution in [0.25, 0.3) is 0 Å². The van der Waals surface area contributed by atoms with Gasteiger partial charge in [-0.3, -0.25) is 9.59 Å². The molecule has 0 aliphatic carbocycles. The number of carbonyl (C=O) groups excluding carboxylic acids is 2. The van der Waals surface area contributed by atoms with Crippen LogP contribution in [0.2, 0.25) is 0 Å². The second kappa shape index (κ2) is 8.29. The molecule has 0 aromatic heterocycles. The Hall–Kier alpha value is -1.88. The Kier molecular flexibility index (Phi) is 6.37. The van der Waals surface area contributed by atoms with Crippen LogP contribution < -0.4 is 10.2 Å². The monoisotopic (exact) mass is 332 g/mol. The maximum Gasteiger partial charge on any atom is 0.239 e. The lowest BCUT2D eigenvalue weighted by atomic mass is 9.96. The number of nitrogens with one attached hydrogen (secondary N) is 1. The van der Waals surface area contributed by atoms with Crippen molar-refractivity contribution in [2.75, 3.05) is 18.0 Å². The van der Waals surface area contributed by atoms with Crippen molar-refractivity contribution in [1.29, 1.82) is 0 Å². The molecule has 1 saturated heterocycles. The molecule has 2 atom stereocenters. The highest BCUT2D eigenvalue weighted by Gasteiger charge is 2.37. The van der Waals surface area contributed by atoms with Crippen LogP contribution in [0.15, 0.2) is 24.3 Å². The maximum atomic E-state index is 12.5. The van der Waals surface area contributed by atoms with E-state index in [9.17, 15) is 14.7 Å². The first-order chi connectivity index (χ1) is 11.5. The molecule has 1 aromatic rings. The molecule has 2 N–H and O–H groups in total. The van der Waals surface area contributed by atoms with Gasteiger partial charge in [0, 0.05) is 18.8 Å². The summed E-state index contributed by atoms with van der Waals surface area (Å²) in [6.07, 6.45) is 1.70. The van der Waals surface area contributed by atoms with Crippen molar-refractivity contribution in [3.8, 4) is 0 Å². The molecule has 1 aromatic carbocycles. The molecule has 5 nitrogen and oxygen atoms in total. The van der Waals surface area contributed by atoms with Gasteiger partial charge in [-0.1, -0.05) is 44.4 Å². The second-order valence-electron chi connectivity index (χ2n) is 6.56. The molecule has 0 bridgehead atoms. The van der Waals surface area contributed by atoms with E-state index < -0.39 is 12.0 Å². The maximum absolute atomic E-state index is 12.5. The van der Waals surface area contributed by atoms with E-state index in [1.807, 2.05) is 45.0 Å². The number of amides is 2. The molecule has 0 saturated carbocycles. The van der Waals surface area contributed by atoms with E-state index in [1.54, 1.807) is 4.90 Å². The number of hydrogen-bond donors (Lipinski definition) is 2. The van der Waals surface area contributed by atoms with Gasteiger partial charge in [-0.05, 0) is 31.4 Å². The third kappa shape index (κ3) is 4.15. The van der Waals surface area contributed by atoms with Crippen LogP contribution in [-0.4, -0.2) is 36.1 Å². The molecule has 2 unspecified atom stereocenters. The minimum absolute atomic E-state index is 0.159. The summed E-state index contributed by atoms with van der Waals surface area (Å²) < 4.78 is 0. The van der Waals surface area contributed by atoms with Gasteiger partial charge in [0.15, 0.2) is 0 Å². The Morgan fingerprint density at radius 2 is 1.92 bits per heavy atom. The molecule has 1 heterocycles. The summed E-state index contributed by atoms with van der Waals surface area (Å²) in [6, 6.07) is 7.73. The highest BCUT2D eigenvalue weighted by molar-refractivity contribution is 6.09. The molecular formula is C19H28N2O3. The first-order valence-corrected chi connectivity index (χ1v) is 8.81. The van der Waals surface area contributed by atoms with Gasteiger partial charge in [0.2, 0.25) is 11.8 Å². The van der Waals surface area contributed by atoms with E-state index >= 15 is 0 Å². The second-order valence-corrected chi connectivity index (χ2v) is 6.56. The van der Waals surface area contributed by atoms with Crippen LogP contribution in [0.3, 0.4) is 0 Å². The standard InChI is InChI=1S/C19H28N2O3/c1-4-14(5-2)17(22)12-20-18(23)16-10-11-21(19(16)24)15-8-6-13(3)7-9-15/h6-9,14,16-17,22H,4-5,10-12H2,1-3H3,(H,20,23). The van der Waals surface area contributed by atoms with E-state index in [4.69, 9.17) is 0 Å². The number of hydrogen-bond acceptors (Lipinski definition) is 3. The molecule has 24 heavy (non-hydrogen) atoms. The summed E-state index contributed by atoms with van der Waals surface area (Å²) in [6.45, 7) is 6.81. The van der Waals surface area contributed by atoms with Crippen molar-refractivity contribution in [2.45, 2.75) is 46.1 Å². The van der Waals surface area contributed by atoms with Gasteiger partial charge < -0.3 is 15.3 Å². The van der Waals surface area contributed by atoms with E-state index in [-0.39, 0.29) is 24.3 Å². The summed E-state index contributed by atoms with van der Waals surface area (Å²) in [7, 11) is 0. The van der Waals surface area contributed by atoms with Crippen molar-refractivity contribution in [1.82, 2.24) is 5.32 Å². The molecule has 2 rings (SSSR count). The predicted octanol–water partition coefficient (Wildman–Crippen LogP) is 2.26. The third-order valence-electron chi connectivity index (χ3n) is 4.95. The van der Waals surface area contributed by atoms with Gasteiger partial charge in [-0.2, -0.15) is 0 Å². The number of benzene rings is 1. The largest absolute Gasteiger partial charge is 0.391 e. The van der Waals surface area contributed by atoms with Crippen molar-refractivity contribution in [3.05, 3.63) is 29.8 Å². The topological polar surface area (TPSA) is 69.6 Å². The number of nitrogens with zero attached hydrogens (tertiary/aromatic N) is 1. The number of aliphatic hydroxyl groups is 1. The Labute approximate surface area is 144 Å². The van der Waals surface area contributed by atoms with Crippen molar-refractivity contribution < 1.29 is 14.7 Å². The first kappa shape index (κ1) is 18.5. The molecule has 1 aliphatic rings. The minimum atomic E-state index is -0.653. The third-order valence-corrected chi connectivity index (χ3v) is 4.95. The molecule has 0 radical (unpaired) electrons. The minimum Gasteiger partial charge on any atom is -0.391 e. The molecular weight excluding hydrogens is 304 g/mol. The Morgan fingerprint density at radius 1 is 1.29 bits per heavy atom. The molecule has 2 amide bonds. The summed E-state index contributed by atoms with van der Waals surface area (Å²) in [4.78, 5) is 26.5. The SMILES string of the molecule is CCC(CC)C(O)CNC(=O)C1CCN(c2ccc(C)cc2)C1=O. The van der Waals surface area contributed by atoms with E-state index in [0.717, 1.165) is 24.1 Å². The van der Waals surface area contributed by atoms with Gasteiger partial charge in [0.1, 0.15) is 5.92 Å². The number of aliphatic hydroxyl groups excluding tert-OH is 1. The van der Waals surface area contributed by atoms with E-state index in [0.29, 0.717) is 13.0 Å². The number of rotatable bonds is 7. The summed E-state index contributed by atoms with van der Waals surface area (Å²) in [5, 5.41) is 12.9. The smallest absolute Gasteiger partial charge is 0.239 e. The molecule has 0 spiro atoms. The van der Waals surface area contributed by atoms with Gasteiger partial charge in [0.05, 0.1) is 6.10 Å². The lowest BCUT2D eigenvalue weighted by molar-refractivity contribution is -0.132. The molecule has 5 heteroatoms. The van der Waals surface area contributed by atoms with E-state index in [1.165, 1.54) is 0 Å². The van der Waals surface area contributed by atoms with Gasteiger partial charge >= 0.3 is 0 Å². The fraction of sp³-hybridized carbons (Fsp3) is 0.579. The first-order valence-electron chi connectivity index (χ1n) is 8.81. The number of carbonyl (C=O) groups is 2. The van der Waals surface area contributed by atoms with Crippen molar-refractivity contribution in [2.24, 2.45) is 11.8 Å². The highest BCUT2D eigenvalue weighted by Crippen LogP contribution is 2.25. The predicted molar refractivity (Wildman–Crippen MR) is 94.7 cm³/mol.